The van der Waals surface area contributed by atoms with Crippen molar-refractivity contribution in [3.8, 4) is 6.07 Å². The Morgan fingerprint density at radius 2 is 2.07 bits per heavy atom. The highest BCUT2D eigenvalue weighted by Crippen LogP contribution is 2.23. The summed E-state index contributed by atoms with van der Waals surface area (Å²) in [7, 11) is 0. The molecule has 1 rings (SSSR count). The van der Waals surface area contributed by atoms with Gasteiger partial charge in [-0.05, 0) is 31.0 Å². The molecule has 1 aromatic rings. The number of nitrogens with one attached hydrogen (secondary N) is 1. The van der Waals surface area contributed by atoms with Crippen molar-refractivity contribution >= 4 is 21.6 Å². The molecule has 80 valence electrons. The molecular weight excluding hydrogens is 252 g/mol. The van der Waals surface area contributed by atoms with Gasteiger partial charge in [-0.25, -0.2) is 0 Å². The lowest BCUT2D eigenvalue weighted by Crippen LogP contribution is -2.34. The van der Waals surface area contributed by atoms with Gasteiger partial charge in [0, 0.05) is 10.2 Å². The maximum atomic E-state index is 9.18. The van der Waals surface area contributed by atoms with Crippen LogP contribution < -0.4 is 5.32 Å². The summed E-state index contributed by atoms with van der Waals surface area (Å²) in [4.78, 5) is 0. The lowest BCUT2D eigenvalue weighted by Gasteiger charge is -2.26. The predicted octanol–water partition coefficient (Wildman–Crippen LogP) is 3.94. The van der Waals surface area contributed by atoms with Crippen molar-refractivity contribution in [2.24, 2.45) is 0 Å². The molecule has 0 spiro atoms. The number of hydrogen-bond donors (Lipinski definition) is 1. The molecule has 2 nitrogen and oxygen atoms in total. The first kappa shape index (κ1) is 12.1. The Bertz CT molecular complexity index is 364. The number of halogens is 1. The van der Waals surface area contributed by atoms with Crippen LogP contribution in [0.1, 0.15) is 26.7 Å². The van der Waals surface area contributed by atoms with Crippen LogP contribution in [0.25, 0.3) is 0 Å². The van der Waals surface area contributed by atoms with Crippen molar-refractivity contribution < 1.29 is 0 Å². The summed E-state index contributed by atoms with van der Waals surface area (Å²) >= 11 is 3.41. The predicted molar refractivity (Wildman–Crippen MR) is 66.7 cm³/mol. The fourth-order valence-corrected chi connectivity index (χ4v) is 1.85. The van der Waals surface area contributed by atoms with E-state index in [1.54, 1.807) is 0 Å². The highest BCUT2D eigenvalue weighted by atomic mass is 79.9. The molecule has 0 aliphatic carbocycles. The smallest absolute Gasteiger partial charge is 0.124 e. The second kappa shape index (κ2) is 5.18. The van der Waals surface area contributed by atoms with Crippen LogP contribution in [0.4, 0.5) is 5.69 Å². The quantitative estimate of drug-likeness (QED) is 0.896. The van der Waals surface area contributed by atoms with Gasteiger partial charge in [-0.2, -0.15) is 5.26 Å². The molecule has 0 bridgehead atoms. The average Bonchev–Trinajstić information content (AvgIpc) is 2.26. The van der Waals surface area contributed by atoms with E-state index in [1.165, 1.54) is 0 Å². The van der Waals surface area contributed by atoms with Gasteiger partial charge >= 0.3 is 0 Å². The van der Waals surface area contributed by atoms with Crippen LogP contribution in [0.5, 0.6) is 0 Å². The zero-order valence-corrected chi connectivity index (χ0v) is 10.6. The largest absolute Gasteiger partial charge is 0.367 e. The van der Waals surface area contributed by atoms with Crippen molar-refractivity contribution in [1.29, 1.82) is 5.26 Å². The molecule has 0 aromatic heterocycles. The van der Waals surface area contributed by atoms with Gasteiger partial charge in [0.15, 0.2) is 0 Å². The van der Waals surface area contributed by atoms with Crippen molar-refractivity contribution in [1.82, 2.24) is 0 Å². The normalized spacial score (nSPS) is 10.8. The van der Waals surface area contributed by atoms with Crippen LogP contribution in [0.15, 0.2) is 28.7 Å². The van der Waals surface area contributed by atoms with Crippen molar-refractivity contribution in [2.45, 2.75) is 32.2 Å². The molecular formula is C12H15BrN2. The molecule has 0 aliphatic rings. The minimum Gasteiger partial charge on any atom is -0.367 e. The number of benzene rings is 1. The topological polar surface area (TPSA) is 35.8 Å². The van der Waals surface area contributed by atoms with Crippen molar-refractivity contribution in [2.75, 3.05) is 5.32 Å². The van der Waals surface area contributed by atoms with E-state index >= 15 is 0 Å². The SMILES string of the molecule is CCC(C#N)(CC)Nc1cccc(Br)c1. The molecule has 0 amide bonds. The third-order valence-corrected chi connectivity index (χ3v) is 3.12. The van der Waals surface area contributed by atoms with E-state index in [1.807, 2.05) is 38.1 Å². The van der Waals surface area contributed by atoms with Gasteiger partial charge in [0.25, 0.3) is 0 Å². The molecule has 0 heterocycles. The highest BCUT2D eigenvalue weighted by Gasteiger charge is 2.24. The molecule has 3 heteroatoms. The van der Waals surface area contributed by atoms with E-state index in [-0.39, 0.29) is 0 Å². The van der Waals surface area contributed by atoms with Crippen molar-refractivity contribution in [3.05, 3.63) is 28.7 Å². The number of hydrogen-bond acceptors (Lipinski definition) is 2. The maximum Gasteiger partial charge on any atom is 0.124 e. The van der Waals surface area contributed by atoms with Crippen LogP contribution in [0.3, 0.4) is 0 Å². The number of nitriles is 1. The molecule has 1 aromatic carbocycles. The monoisotopic (exact) mass is 266 g/mol. The summed E-state index contributed by atoms with van der Waals surface area (Å²) in [6.07, 6.45) is 1.60. The van der Waals surface area contributed by atoms with Gasteiger partial charge in [0.1, 0.15) is 5.54 Å². The standard InChI is InChI=1S/C12H15BrN2/c1-3-12(4-2,9-14)15-11-7-5-6-10(13)8-11/h5-8,15H,3-4H2,1-2H3. The van der Waals surface area contributed by atoms with Gasteiger partial charge in [-0.1, -0.05) is 35.8 Å². The van der Waals surface area contributed by atoms with Crippen LogP contribution in [0.2, 0.25) is 0 Å². The van der Waals surface area contributed by atoms with Crippen LogP contribution >= 0.6 is 15.9 Å². The summed E-state index contributed by atoms with van der Waals surface area (Å²) in [6, 6.07) is 10.2. The zero-order valence-electron chi connectivity index (χ0n) is 9.05. The third-order valence-electron chi connectivity index (χ3n) is 2.63. The van der Waals surface area contributed by atoms with Gasteiger partial charge < -0.3 is 5.32 Å². The third kappa shape index (κ3) is 2.97. The Morgan fingerprint density at radius 3 is 2.53 bits per heavy atom. The molecule has 0 saturated heterocycles. The van der Waals surface area contributed by atoms with Crippen molar-refractivity contribution in [3.63, 3.8) is 0 Å². The second-order valence-electron chi connectivity index (χ2n) is 3.54. The Balaban J connectivity index is 2.89. The number of nitrogens with zero attached hydrogens (tertiary/aromatic N) is 1. The van der Waals surface area contributed by atoms with Crippen LogP contribution in [-0.4, -0.2) is 5.54 Å². The molecule has 0 saturated carbocycles. The minimum absolute atomic E-state index is 0.444. The lowest BCUT2D eigenvalue weighted by atomic mass is 9.94. The van der Waals surface area contributed by atoms with E-state index < -0.39 is 5.54 Å². The maximum absolute atomic E-state index is 9.18. The Hall–Kier alpha value is -1.01. The minimum atomic E-state index is -0.444. The number of anilines is 1. The molecule has 0 unspecified atom stereocenters. The second-order valence-corrected chi connectivity index (χ2v) is 4.45. The molecule has 0 atom stereocenters. The van der Waals surface area contributed by atoms with Gasteiger partial charge in [0.2, 0.25) is 0 Å². The molecule has 0 aliphatic heterocycles. The first-order valence-electron chi connectivity index (χ1n) is 5.11. The highest BCUT2D eigenvalue weighted by molar-refractivity contribution is 9.10. The number of rotatable bonds is 4. The summed E-state index contributed by atoms with van der Waals surface area (Å²) in [6.45, 7) is 4.05. The Kier molecular flexibility index (Phi) is 4.16. The van der Waals surface area contributed by atoms with Crippen LogP contribution in [-0.2, 0) is 0 Å². The van der Waals surface area contributed by atoms with Gasteiger partial charge in [0.05, 0.1) is 6.07 Å². The summed E-state index contributed by atoms with van der Waals surface area (Å²) in [5, 5.41) is 12.5. The average molecular weight is 267 g/mol. The molecule has 15 heavy (non-hydrogen) atoms. The summed E-state index contributed by atoms with van der Waals surface area (Å²) in [5.41, 5.74) is 0.537. The van der Waals surface area contributed by atoms with E-state index in [2.05, 4.69) is 27.3 Å². The summed E-state index contributed by atoms with van der Waals surface area (Å²) in [5.74, 6) is 0. The lowest BCUT2D eigenvalue weighted by molar-refractivity contribution is 0.548. The van der Waals surface area contributed by atoms with E-state index in [0.29, 0.717) is 0 Å². The van der Waals surface area contributed by atoms with E-state index in [0.717, 1.165) is 23.0 Å². The first-order chi connectivity index (χ1) is 7.15. The fourth-order valence-electron chi connectivity index (χ4n) is 1.46. The van der Waals surface area contributed by atoms with Gasteiger partial charge in [-0.15, -0.1) is 0 Å². The van der Waals surface area contributed by atoms with E-state index in [4.69, 9.17) is 0 Å². The van der Waals surface area contributed by atoms with E-state index in [9.17, 15) is 5.26 Å². The zero-order chi connectivity index (χ0) is 11.3. The summed E-state index contributed by atoms with van der Waals surface area (Å²) < 4.78 is 1.02. The molecule has 0 fully saturated rings. The van der Waals surface area contributed by atoms with Crippen LogP contribution in [0, 0.1) is 11.3 Å². The molecule has 1 N–H and O–H groups in total. The fraction of sp³-hybridized carbons (Fsp3) is 0.417. The Labute approximate surface area is 99.4 Å². The molecule has 0 radical (unpaired) electrons. The Morgan fingerprint density at radius 1 is 1.40 bits per heavy atom. The first-order valence-corrected chi connectivity index (χ1v) is 5.90. The van der Waals surface area contributed by atoms with Gasteiger partial charge in [-0.3, -0.25) is 0 Å².